The summed E-state index contributed by atoms with van der Waals surface area (Å²) in [4.78, 5) is 32.9. The maximum absolute atomic E-state index is 12.7. The number of aromatic amines is 1. The molecule has 8 heteroatoms. The predicted octanol–water partition coefficient (Wildman–Crippen LogP) is 4.78. The van der Waals surface area contributed by atoms with Crippen LogP contribution in [0.4, 0.5) is 5.69 Å². The Balaban J connectivity index is 1.44. The largest absolute Gasteiger partial charge is 0.494 e. The molecule has 0 unspecified atom stereocenters. The molecule has 30 heavy (non-hydrogen) atoms. The number of fused-ring (bicyclic) bond motifs is 1. The van der Waals surface area contributed by atoms with Crippen LogP contribution in [0.5, 0.6) is 5.75 Å². The first-order valence-corrected chi connectivity index (χ1v) is 11.2. The van der Waals surface area contributed by atoms with Gasteiger partial charge >= 0.3 is 0 Å². The normalized spacial score (nSPS) is 10.8. The molecule has 152 valence electrons. The molecule has 2 N–H and O–H groups in total. The zero-order valence-electron chi connectivity index (χ0n) is 16.2. The van der Waals surface area contributed by atoms with Gasteiger partial charge in [0, 0.05) is 16.6 Å². The average Bonchev–Trinajstić information content (AvgIpc) is 3.19. The molecule has 6 nitrogen and oxygen atoms in total. The fraction of sp³-hybridized carbons (Fsp3) is 0.136. The summed E-state index contributed by atoms with van der Waals surface area (Å²) in [6.07, 6.45) is 0. The van der Waals surface area contributed by atoms with Crippen LogP contribution < -0.4 is 15.6 Å². The number of benzene rings is 2. The number of hydrogen-bond donors (Lipinski definition) is 2. The highest BCUT2D eigenvalue weighted by molar-refractivity contribution is 7.99. The van der Waals surface area contributed by atoms with E-state index in [2.05, 4.69) is 15.3 Å². The maximum Gasteiger partial charge on any atom is 0.260 e. The lowest BCUT2D eigenvalue weighted by molar-refractivity contribution is -0.113. The highest BCUT2D eigenvalue weighted by Gasteiger charge is 2.14. The van der Waals surface area contributed by atoms with Crippen LogP contribution in [0.15, 0.2) is 69.9 Å². The highest BCUT2D eigenvalue weighted by atomic mass is 32.2. The molecular weight excluding hydrogens is 418 g/mol. The van der Waals surface area contributed by atoms with Crippen LogP contribution in [0, 0.1) is 0 Å². The highest BCUT2D eigenvalue weighted by Crippen LogP contribution is 2.31. The molecule has 2 aromatic heterocycles. The topological polar surface area (TPSA) is 84.1 Å². The fourth-order valence-electron chi connectivity index (χ4n) is 2.96. The second-order valence-corrected chi connectivity index (χ2v) is 8.18. The number of thiophene rings is 1. The van der Waals surface area contributed by atoms with Crippen molar-refractivity contribution in [3.05, 3.63) is 70.3 Å². The van der Waals surface area contributed by atoms with E-state index in [9.17, 15) is 9.59 Å². The minimum absolute atomic E-state index is 0.137. The maximum atomic E-state index is 12.7. The van der Waals surface area contributed by atoms with Crippen molar-refractivity contribution in [2.45, 2.75) is 12.1 Å². The van der Waals surface area contributed by atoms with Crippen LogP contribution in [0.2, 0.25) is 0 Å². The number of nitrogens with zero attached hydrogens (tertiary/aromatic N) is 1. The molecule has 0 aliphatic carbocycles. The van der Waals surface area contributed by atoms with Gasteiger partial charge in [-0.1, -0.05) is 42.1 Å². The van der Waals surface area contributed by atoms with Gasteiger partial charge in [0.05, 0.1) is 17.7 Å². The lowest BCUT2D eigenvalue weighted by atomic mass is 10.1. The number of anilines is 1. The van der Waals surface area contributed by atoms with E-state index >= 15 is 0 Å². The van der Waals surface area contributed by atoms with Crippen molar-refractivity contribution in [2.75, 3.05) is 17.7 Å². The minimum atomic E-state index is -0.200. The van der Waals surface area contributed by atoms with Crippen molar-refractivity contribution >= 4 is 44.9 Å². The number of carbonyl (C=O) groups excluding carboxylic acids is 1. The van der Waals surface area contributed by atoms with E-state index in [0.29, 0.717) is 27.7 Å². The van der Waals surface area contributed by atoms with Gasteiger partial charge in [-0.3, -0.25) is 9.59 Å². The molecular formula is C22H19N3O3S2. The molecule has 4 rings (SSSR count). The molecule has 0 saturated carbocycles. The van der Waals surface area contributed by atoms with Gasteiger partial charge in [0.25, 0.3) is 5.56 Å². The van der Waals surface area contributed by atoms with Gasteiger partial charge in [-0.2, -0.15) is 0 Å². The van der Waals surface area contributed by atoms with Crippen LogP contribution in [-0.2, 0) is 4.79 Å². The third-order valence-corrected chi connectivity index (χ3v) is 6.04. The molecule has 0 fully saturated rings. The number of H-pyrrole nitrogens is 1. The van der Waals surface area contributed by atoms with Crippen molar-refractivity contribution in [2.24, 2.45) is 0 Å². The second kappa shape index (κ2) is 9.15. The molecule has 0 spiro atoms. The number of carbonyl (C=O) groups is 1. The quantitative estimate of drug-likeness (QED) is 0.321. The zero-order valence-corrected chi connectivity index (χ0v) is 17.8. The summed E-state index contributed by atoms with van der Waals surface area (Å²) in [6.45, 7) is 2.51. The van der Waals surface area contributed by atoms with Gasteiger partial charge < -0.3 is 15.0 Å². The monoisotopic (exact) mass is 437 g/mol. The van der Waals surface area contributed by atoms with Crippen LogP contribution in [0.25, 0.3) is 21.3 Å². The number of aromatic nitrogens is 2. The summed E-state index contributed by atoms with van der Waals surface area (Å²) in [5.41, 5.74) is 2.33. The smallest absolute Gasteiger partial charge is 0.260 e. The Bertz CT molecular complexity index is 1220. The molecule has 0 aliphatic heterocycles. The van der Waals surface area contributed by atoms with E-state index in [0.717, 1.165) is 16.9 Å². The minimum Gasteiger partial charge on any atom is -0.494 e. The van der Waals surface area contributed by atoms with Crippen molar-refractivity contribution in [3.8, 4) is 16.9 Å². The molecule has 2 heterocycles. The molecule has 2 aromatic carbocycles. The third kappa shape index (κ3) is 4.55. The van der Waals surface area contributed by atoms with Gasteiger partial charge in [-0.25, -0.2) is 4.98 Å². The molecule has 0 radical (unpaired) electrons. The standard InChI is InChI=1S/C22H19N3O3S2/c1-2-28-16-10-8-15(9-11-16)23-18(26)13-30-22-24-20(27)19-17(12-29-21(19)25-22)14-6-4-3-5-7-14/h3-12H,2,13H2,1H3,(H,23,26)(H,24,25,27). The fourth-order valence-corrected chi connectivity index (χ4v) is 4.63. The lowest BCUT2D eigenvalue weighted by Crippen LogP contribution is -2.15. The Labute approximate surface area is 181 Å². The van der Waals surface area contributed by atoms with Gasteiger partial charge in [0.15, 0.2) is 5.16 Å². The van der Waals surface area contributed by atoms with Crippen LogP contribution in [-0.4, -0.2) is 28.2 Å². The van der Waals surface area contributed by atoms with Crippen LogP contribution in [0.1, 0.15) is 6.92 Å². The summed E-state index contributed by atoms with van der Waals surface area (Å²) in [6, 6.07) is 16.9. The van der Waals surface area contributed by atoms with Gasteiger partial charge in [-0.15, -0.1) is 11.3 Å². The number of thioether (sulfide) groups is 1. The van der Waals surface area contributed by atoms with Gasteiger partial charge in [-0.05, 0) is 36.8 Å². The van der Waals surface area contributed by atoms with Crippen molar-refractivity contribution < 1.29 is 9.53 Å². The van der Waals surface area contributed by atoms with E-state index < -0.39 is 0 Å². The number of hydrogen-bond acceptors (Lipinski definition) is 6. The molecule has 1 amide bonds. The van der Waals surface area contributed by atoms with E-state index in [-0.39, 0.29) is 17.2 Å². The van der Waals surface area contributed by atoms with Gasteiger partial charge in [0.2, 0.25) is 5.91 Å². The van der Waals surface area contributed by atoms with Crippen LogP contribution in [0.3, 0.4) is 0 Å². The summed E-state index contributed by atoms with van der Waals surface area (Å²) < 4.78 is 5.39. The van der Waals surface area contributed by atoms with Crippen LogP contribution >= 0.6 is 23.1 Å². The Hall–Kier alpha value is -3.10. The molecule has 0 aliphatic rings. The second-order valence-electron chi connectivity index (χ2n) is 6.36. The molecule has 0 saturated heterocycles. The zero-order chi connectivity index (χ0) is 20.9. The number of ether oxygens (including phenoxy) is 1. The van der Waals surface area contributed by atoms with Crippen molar-refractivity contribution in [1.29, 1.82) is 0 Å². The Kier molecular flexibility index (Phi) is 6.15. The molecule has 0 bridgehead atoms. The molecule has 4 aromatic rings. The predicted molar refractivity (Wildman–Crippen MR) is 123 cm³/mol. The summed E-state index contributed by atoms with van der Waals surface area (Å²) in [5.74, 6) is 0.715. The first-order chi connectivity index (χ1) is 14.6. The van der Waals surface area contributed by atoms with Gasteiger partial charge in [0.1, 0.15) is 10.6 Å². The van der Waals surface area contributed by atoms with Crippen molar-refractivity contribution in [3.63, 3.8) is 0 Å². The van der Waals surface area contributed by atoms with E-state index in [4.69, 9.17) is 4.74 Å². The summed E-state index contributed by atoms with van der Waals surface area (Å²) in [5, 5.41) is 5.77. The number of amides is 1. The third-order valence-electron chi connectivity index (χ3n) is 4.30. The van der Waals surface area contributed by atoms with E-state index in [1.807, 2.05) is 42.6 Å². The van der Waals surface area contributed by atoms with Crippen molar-refractivity contribution in [1.82, 2.24) is 9.97 Å². The number of nitrogens with one attached hydrogen (secondary N) is 2. The summed E-state index contributed by atoms with van der Waals surface area (Å²) in [7, 11) is 0. The SMILES string of the molecule is CCOc1ccc(NC(=O)CSc2nc3scc(-c4ccccc4)c3c(=O)[nH]2)cc1. The molecule has 0 atom stereocenters. The first kappa shape index (κ1) is 20.2. The average molecular weight is 438 g/mol. The number of rotatable bonds is 7. The summed E-state index contributed by atoms with van der Waals surface area (Å²) >= 11 is 2.62. The Morgan fingerprint density at radius 2 is 1.93 bits per heavy atom. The Morgan fingerprint density at radius 3 is 2.67 bits per heavy atom. The van der Waals surface area contributed by atoms with E-state index in [1.165, 1.54) is 23.1 Å². The lowest BCUT2D eigenvalue weighted by Gasteiger charge is -2.07. The van der Waals surface area contributed by atoms with E-state index in [1.54, 1.807) is 24.3 Å². The Morgan fingerprint density at radius 1 is 1.17 bits per heavy atom. The first-order valence-electron chi connectivity index (χ1n) is 9.36.